The van der Waals surface area contributed by atoms with E-state index in [-0.39, 0.29) is 29.6 Å². The van der Waals surface area contributed by atoms with Crippen molar-refractivity contribution in [3.8, 4) is 5.75 Å². The predicted octanol–water partition coefficient (Wildman–Crippen LogP) is 4.04. The second kappa shape index (κ2) is 8.81. The van der Waals surface area contributed by atoms with Crippen molar-refractivity contribution in [3.63, 3.8) is 0 Å². The summed E-state index contributed by atoms with van der Waals surface area (Å²) in [7, 11) is 1.47. The van der Waals surface area contributed by atoms with Crippen molar-refractivity contribution in [2.75, 3.05) is 13.7 Å². The van der Waals surface area contributed by atoms with E-state index in [1.54, 1.807) is 12.1 Å². The van der Waals surface area contributed by atoms with Crippen LogP contribution in [0.1, 0.15) is 43.4 Å². The summed E-state index contributed by atoms with van der Waals surface area (Å²) in [6.45, 7) is 4.58. The van der Waals surface area contributed by atoms with Gasteiger partial charge in [0.2, 0.25) is 0 Å². The van der Waals surface area contributed by atoms with Gasteiger partial charge >= 0.3 is 0 Å². The van der Waals surface area contributed by atoms with E-state index in [1.807, 2.05) is 32.0 Å². The molecular weight excluding hydrogens is 305 g/mol. The first-order chi connectivity index (χ1) is 11.5. The zero-order valence-corrected chi connectivity index (χ0v) is 14.5. The van der Waals surface area contributed by atoms with Gasteiger partial charge in [-0.3, -0.25) is 0 Å². The molecule has 2 aromatic rings. The number of aliphatic hydroxyl groups excluding tert-OH is 1. The van der Waals surface area contributed by atoms with Crippen molar-refractivity contribution in [2.24, 2.45) is 0 Å². The fourth-order valence-electron chi connectivity index (χ4n) is 2.86. The maximum absolute atomic E-state index is 13.5. The Morgan fingerprint density at radius 3 is 2.42 bits per heavy atom. The van der Waals surface area contributed by atoms with E-state index in [0.29, 0.717) is 6.42 Å². The maximum Gasteiger partial charge on any atom is 0.165 e. The molecule has 0 saturated carbocycles. The molecule has 0 fully saturated rings. The molecule has 0 aromatic heterocycles. The Morgan fingerprint density at radius 2 is 1.79 bits per heavy atom. The van der Waals surface area contributed by atoms with E-state index in [2.05, 4.69) is 17.4 Å². The average molecular weight is 331 g/mol. The van der Waals surface area contributed by atoms with Gasteiger partial charge in [-0.1, -0.05) is 36.4 Å². The number of hydrogen-bond donors (Lipinski definition) is 2. The van der Waals surface area contributed by atoms with Gasteiger partial charge in [-0.05, 0) is 49.4 Å². The van der Waals surface area contributed by atoms with Crippen molar-refractivity contribution in [1.82, 2.24) is 5.32 Å². The van der Waals surface area contributed by atoms with Gasteiger partial charge in [0.25, 0.3) is 0 Å². The van der Waals surface area contributed by atoms with Crippen LogP contribution in [0.5, 0.6) is 5.75 Å². The first-order valence-corrected chi connectivity index (χ1v) is 8.31. The zero-order chi connectivity index (χ0) is 17.5. The number of benzene rings is 2. The molecule has 3 nitrogen and oxygen atoms in total. The van der Waals surface area contributed by atoms with Crippen molar-refractivity contribution < 1.29 is 14.2 Å². The molecule has 24 heavy (non-hydrogen) atoms. The molecule has 0 heterocycles. The number of hydrogen-bond acceptors (Lipinski definition) is 3. The topological polar surface area (TPSA) is 41.5 Å². The number of ether oxygens (including phenoxy) is 1. The average Bonchev–Trinajstić information content (AvgIpc) is 2.59. The summed E-state index contributed by atoms with van der Waals surface area (Å²) >= 11 is 0. The largest absolute Gasteiger partial charge is 0.494 e. The summed E-state index contributed by atoms with van der Waals surface area (Å²) in [6.07, 6.45) is 0.328. The van der Waals surface area contributed by atoms with Gasteiger partial charge in [0.05, 0.1) is 13.2 Å². The summed E-state index contributed by atoms with van der Waals surface area (Å²) in [5.74, 6) is 0.116. The van der Waals surface area contributed by atoms with Gasteiger partial charge in [0, 0.05) is 12.6 Å². The van der Waals surface area contributed by atoms with Gasteiger partial charge < -0.3 is 15.2 Å². The SMILES string of the molecule is COc1cc(C(C)NCC(CC(C)O)c2ccccc2)ccc1F. The van der Waals surface area contributed by atoms with E-state index in [1.165, 1.54) is 18.7 Å². The summed E-state index contributed by atoms with van der Waals surface area (Å²) in [5, 5.41) is 13.3. The maximum atomic E-state index is 13.5. The van der Waals surface area contributed by atoms with E-state index in [4.69, 9.17) is 4.74 Å². The summed E-state index contributed by atoms with van der Waals surface area (Å²) in [5.41, 5.74) is 2.17. The fourth-order valence-corrected chi connectivity index (χ4v) is 2.86. The van der Waals surface area contributed by atoms with Gasteiger partial charge in [-0.2, -0.15) is 0 Å². The van der Waals surface area contributed by atoms with Gasteiger partial charge in [-0.25, -0.2) is 4.39 Å². The van der Waals surface area contributed by atoms with Crippen LogP contribution in [0.25, 0.3) is 0 Å². The third kappa shape index (κ3) is 5.05. The lowest BCUT2D eigenvalue weighted by Crippen LogP contribution is -2.26. The molecule has 3 unspecified atom stereocenters. The predicted molar refractivity (Wildman–Crippen MR) is 94.9 cm³/mol. The Hall–Kier alpha value is -1.91. The molecular formula is C20H26FNO2. The van der Waals surface area contributed by atoms with Crippen LogP contribution < -0.4 is 10.1 Å². The highest BCUT2D eigenvalue weighted by Crippen LogP contribution is 2.25. The van der Waals surface area contributed by atoms with Crippen LogP contribution in [-0.2, 0) is 0 Å². The van der Waals surface area contributed by atoms with Crippen LogP contribution >= 0.6 is 0 Å². The normalized spacial score (nSPS) is 14.9. The third-order valence-corrected chi connectivity index (χ3v) is 4.24. The smallest absolute Gasteiger partial charge is 0.165 e. The standard InChI is InChI=1S/C20H26FNO2/c1-14(23)11-18(16-7-5-4-6-8-16)13-22-15(2)17-9-10-19(21)20(12-17)24-3/h4-10,12,14-15,18,22-23H,11,13H2,1-3H3. The molecule has 2 N–H and O–H groups in total. The first-order valence-electron chi connectivity index (χ1n) is 8.31. The molecule has 0 amide bonds. The molecule has 0 aliphatic carbocycles. The van der Waals surface area contributed by atoms with Crippen LogP contribution in [-0.4, -0.2) is 24.9 Å². The van der Waals surface area contributed by atoms with Crippen LogP contribution in [0.2, 0.25) is 0 Å². The first kappa shape index (κ1) is 18.4. The molecule has 0 radical (unpaired) electrons. The molecule has 0 aliphatic rings. The summed E-state index contributed by atoms with van der Waals surface area (Å²) in [6, 6.07) is 15.2. The van der Waals surface area contributed by atoms with Crippen LogP contribution in [0.3, 0.4) is 0 Å². The Bertz CT molecular complexity index is 631. The molecule has 2 rings (SSSR count). The van der Waals surface area contributed by atoms with Crippen molar-refractivity contribution in [3.05, 3.63) is 65.5 Å². The molecule has 0 saturated heterocycles. The highest BCUT2D eigenvalue weighted by Gasteiger charge is 2.16. The third-order valence-electron chi connectivity index (χ3n) is 4.24. The lowest BCUT2D eigenvalue weighted by molar-refractivity contribution is 0.173. The highest BCUT2D eigenvalue weighted by atomic mass is 19.1. The molecule has 4 heteroatoms. The lowest BCUT2D eigenvalue weighted by Gasteiger charge is -2.23. The Balaban J connectivity index is 2.05. The summed E-state index contributed by atoms with van der Waals surface area (Å²) < 4.78 is 18.6. The van der Waals surface area contributed by atoms with Crippen molar-refractivity contribution in [1.29, 1.82) is 0 Å². The number of halogens is 1. The fraction of sp³-hybridized carbons (Fsp3) is 0.400. The lowest BCUT2D eigenvalue weighted by atomic mass is 9.93. The van der Waals surface area contributed by atoms with Crippen molar-refractivity contribution in [2.45, 2.75) is 38.3 Å². The second-order valence-corrected chi connectivity index (χ2v) is 6.22. The number of rotatable bonds is 8. The van der Waals surface area contributed by atoms with Gasteiger partial charge in [0.1, 0.15) is 0 Å². The number of methoxy groups -OCH3 is 1. The van der Waals surface area contributed by atoms with E-state index in [0.717, 1.165) is 12.1 Å². The number of nitrogens with one attached hydrogen (secondary N) is 1. The zero-order valence-electron chi connectivity index (χ0n) is 14.5. The van der Waals surface area contributed by atoms with E-state index >= 15 is 0 Å². The minimum atomic E-state index is -0.363. The van der Waals surface area contributed by atoms with Gasteiger partial charge in [-0.15, -0.1) is 0 Å². The minimum absolute atomic E-state index is 0.0553. The molecule has 2 aromatic carbocycles. The molecule has 0 bridgehead atoms. The summed E-state index contributed by atoms with van der Waals surface area (Å²) in [4.78, 5) is 0. The molecule has 0 aliphatic heterocycles. The molecule has 3 atom stereocenters. The monoisotopic (exact) mass is 331 g/mol. The van der Waals surface area contributed by atoms with Crippen molar-refractivity contribution >= 4 is 0 Å². The highest BCUT2D eigenvalue weighted by molar-refractivity contribution is 5.32. The molecule has 130 valence electrons. The Morgan fingerprint density at radius 1 is 1.08 bits per heavy atom. The van der Waals surface area contributed by atoms with Crippen LogP contribution in [0.15, 0.2) is 48.5 Å². The Kier molecular flexibility index (Phi) is 6.76. The quantitative estimate of drug-likeness (QED) is 0.767. The number of aliphatic hydroxyl groups is 1. The van der Waals surface area contributed by atoms with Gasteiger partial charge in [0.15, 0.2) is 11.6 Å². The second-order valence-electron chi connectivity index (χ2n) is 6.22. The minimum Gasteiger partial charge on any atom is -0.494 e. The Labute approximate surface area is 143 Å². The van der Waals surface area contributed by atoms with Crippen LogP contribution in [0, 0.1) is 5.82 Å². The molecule has 0 spiro atoms. The van der Waals surface area contributed by atoms with E-state index < -0.39 is 0 Å². The van der Waals surface area contributed by atoms with E-state index in [9.17, 15) is 9.50 Å². The van der Waals surface area contributed by atoms with Crippen LogP contribution in [0.4, 0.5) is 4.39 Å².